The van der Waals surface area contributed by atoms with Crippen LogP contribution in [0.2, 0.25) is 5.02 Å². The van der Waals surface area contributed by atoms with Gasteiger partial charge in [-0.15, -0.1) is 0 Å². The zero-order valence-corrected chi connectivity index (χ0v) is 19.5. The third kappa shape index (κ3) is 6.23. The highest BCUT2D eigenvalue weighted by Crippen LogP contribution is 2.27. The fourth-order valence-electron chi connectivity index (χ4n) is 3.62. The molecular formula is C23H32ClN5O2. The maximum atomic E-state index is 12.7. The van der Waals surface area contributed by atoms with Crippen molar-refractivity contribution in [2.45, 2.75) is 64.3 Å². The number of hydrogen-bond acceptors (Lipinski definition) is 3. The summed E-state index contributed by atoms with van der Waals surface area (Å²) in [4.78, 5) is 26.6. The monoisotopic (exact) mass is 445 g/mol. The quantitative estimate of drug-likeness (QED) is 0.697. The maximum absolute atomic E-state index is 12.7. The zero-order chi connectivity index (χ0) is 22.6. The highest BCUT2D eigenvalue weighted by atomic mass is 35.5. The zero-order valence-electron chi connectivity index (χ0n) is 18.7. The molecule has 168 valence electrons. The molecule has 1 fully saturated rings. The number of urea groups is 1. The number of amides is 3. The molecule has 0 radical (unpaired) electrons. The van der Waals surface area contributed by atoms with E-state index in [-0.39, 0.29) is 29.9 Å². The Morgan fingerprint density at radius 2 is 1.81 bits per heavy atom. The molecule has 1 aromatic heterocycles. The number of halogens is 1. The van der Waals surface area contributed by atoms with Gasteiger partial charge in [-0.05, 0) is 37.1 Å². The summed E-state index contributed by atoms with van der Waals surface area (Å²) in [5, 5.41) is 11.3. The van der Waals surface area contributed by atoms with Crippen molar-refractivity contribution in [3.8, 4) is 5.69 Å². The van der Waals surface area contributed by atoms with Gasteiger partial charge in [-0.2, -0.15) is 5.10 Å². The van der Waals surface area contributed by atoms with Gasteiger partial charge in [-0.1, -0.05) is 51.6 Å². The maximum Gasteiger partial charge on any atom is 0.317 e. The number of likely N-dealkylation sites (N-methyl/N-ethyl adjacent to an activating group) is 1. The minimum absolute atomic E-state index is 0.0464. The lowest BCUT2D eigenvalue weighted by atomic mass is 9.92. The smallest absolute Gasteiger partial charge is 0.317 e. The molecule has 31 heavy (non-hydrogen) atoms. The van der Waals surface area contributed by atoms with Crippen molar-refractivity contribution in [1.29, 1.82) is 0 Å². The molecule has 1 aliphatic rings. The summed E-state index contributed by atoms with van der Waals surface area (Å²) in [5.74, 6) is 0.273. The minimum Gasteiger partial charge on any atom is -0.335 e. The van der Waals surface area contributed by atoms with Crippen LogP contribution < -0.4 is 10.6 Å². The van der Waals surface area contributed by atoms with Crippen LogP contribution in [0, 0.1) is 0 Å². The molecule has 0 bridgehead atoms. The van der Waals surface area contributed by atoms with Crippen LogP contribution in [0.1, 0.15) is 58.6 Å². The minimum atomic E-state index is -0.281. The lowest BCUT2D eigenvalue weighted by molar-refractivity contribution is -0.116. The molecule has 0 saturated heterocycles. The largest absolute Gasteiger partial charge is 0.335 e. The third-order valence-corrected chi connectivity index (χ3v) is 5.73. The molecular weight excluding hydrogens is 414 g/mol. The lowest BCUT2D eigenvalue weighted by Gasteiger charge is -2.26. The second-order valence-corrected chi connectivity index (χ2v) is 9.68. The number of carbonyl (C=O) groups is 2. The van der Waals surface area contributed by atoms with Crippen LogP contribution in [-0.2, 0) is 10.2 Å². The average Bonchev–Trinajstić information content (AvgIpc) is 3.13. The average molecular weight is 446 g/mol. The Balaban J connectivity index is 1.70. The van der Waals surface area contributed by atoms with Crippen LogP contribution in [0.15, 0.2) is 30.3 Å². The molecule has 8 heteroatoms. The molecule has 2 aromatic rings. The van der Waals surface area contributed by atoms with Gasteiger partial charge in [0.25, 0.3) is 0 Å². The van der Waals surface area contributed by atoms with E-state index < -0.39 is 0 Å². The first-order chi connectivity index (χ1) is 14.6. The Hall–Kier alpha value is -2.54. The van der Waals surface area contributed by atoms with Crippen molar-refractivity contribution >= 4 is 29.4 Å². The molecule has 1 saturated carbocycles. The van der Waals surface area contributed by atoms with Crippen LogP contribution in [0.25, 0.3) is 5.69 Å². The van der Waals surface area contributed by atoms with E-state index >= 15 is 0 Å². The van der Waals surface area contributed by atoms with Gasteiger partial charge < -0.3 is 15.5 Å². The highest BCUT2D eigenvalue weighted by molar-refractivity contribution is 6.30. The van der Waals surface area contributed by atoms with E-state index in [1.54, 1.807) is 23.9 Å². The second kappa shape index (κ2) is 9.73. The molecule has 1 aromatic carbocycles. The molecule has 0 unspecified atom stereocenters. The predicted molar refractivity (Wildman–Crippen MR) is 124 cm³/mol. The molecule has 0 aliphatic heterocycles. The van der Waals surface area contributed by atoms with Crippen molar-refractivity contribution < 1.29 is 9.59 Å². The second-order valence-electron chi connectivity index (χ2n) is 9.24. The molecule has 1 heterocycles. The molecule has 1 aliphatic carbocycles. The van der Waals surface area contributed by atoms with Gasteiger partial charge in [0.15, 0.2) is 0 Å². The fourth-order valence-corrected chi connectivity index (χ4v) is 3.74. The number of aromatic nitrogens is 2. The van der Waals surface area contributed by atoms with Gasteiger partial charge >= 0.3 is 6.03 Å². The van der Waals surface area contributed by atoms with E-state index in [1.807, 2.05) is 18.2 Å². The van der Waals surface area contributed by atoms with Crippen molar-refractivity contribution in [3.63, 3.8) is 0 Å². The van der Waals surface area contributed by atoms with E-state index in [0.29, 0.717) is 10.8 Å². The summed E-state index contributed by atoms with van der Waals surface area (Å²) in [6, 6.07) is 9.11. The Labute approximate surface area is 189 Å². The van der Waals surface area contributed by atoms with Gasteiger partial charge in [0, 0.05) is 29.6 Å². The van der Waals surface area contributed by atoms with E-state index in [2.05, 4.69) is 31.4 Å². The summed E-state index contributed by atoms with van der Waals surface area (Å²) < 4.78 is 1.69. The molecule has 7 nitrogen and oxygen atoms in total. The van der Waals surface area contributed by atoms with Gasteiger partial charge in [-0.25, -0.2) is 9.48 Å². The number of nitrogens with zero attached hydrogens (tertiary/aromatic N) is 3. The normalized spacial score (nSPS) is 14.9. The molecule has 3 amide bonds. The van der Waals surface area contributed by atoms with Gasteiger partial charge in [0.1, 0.15) is 12.4 Å². The lowest BCUT2D eigenvalue weighted by Crippen LogP contribution is -2.46. The number of anilines is 1. The Kier molecular flexibility index (Phi) is 7.26. The topological polar surface area (TPSA) is 79.3 Å². The number of carbonyl (C=O) groups excluding carboxylic acids is 2. The van der Waals surface area contributed by atoms with Gasteiger partial charge in [0.05, 0.1) is 11.4 Å². The molecule has 0 atom stereocenters. The summed E-state index contributed by atoms with van der Waals surface area (Å²) in [7, 11) is 1.63. The first-order valence-electron chi connectivity index (χ1n) is 10.8. The summed E-state index contributed by atoms with van der Waals surface area (Å²) in [6.07, 6.45) is 5.51. The Morgan fingerprint density at radius 1 is 1.16 bits per heavy atom. The predicted octanol–water partition coefficient (Wildman–Crippen LogP) is 4.74. The Morgan fingerprint density at radius 3 is 2.42 bits per heavy atom. The standard InChI is InChI=1S/C23H32ClN5O2/c1-23(2,3)19-14-20(29(27-19)18-12-10-16(24)11-13-18)26-21(30)15-28(4)22(31)25-17-8-6-5-7-9-17/h10-14,17H,5-9,15H2,1-4H3,(H,25,31)(H,26,30). The molecule has 3 rings (SSSR count). The molecule has 0 spiro atoms. The van der Waals surface area contributed by atoms with Crippen LogP contribution in [-0.4, -0.2) is 46.3 Å². The van der Waals surface area contributed by atoms with Crippen LogP contribution >= 0.6 is 11.6 Å². The molecule has 2 N–H and O–H groups in total. The van der Waals surface area contributed by atoms with Crippen molar-refractivity contribution in [2.75, 3.05) is 18.9 Å². The number of rotatable bonds is 5. The van der Waals surface area contributed by atoms with Crippen molar-refractivity contribution in [3.05, 3.63) is 41.0 Å². The highest BCUT2D eigenvalue weighted by Gasteiger charge is 2.23. The fraction of sp³-hybridized carbons (Fsp3) is 0.522. The van der Waals surface area contributed by atoms with Crippen molar-refractivity contribution in [1.82, 2.24) is 20.0 Å². The van der Waals surface area contributed by atoms with Crippen LogP contribution in [0.4, 0.5) is 10.6 Å². The van der Waals surface area contributed by atoms with Gasteiger partial charge in [-0.3, -0.25) is 4.79 Å². The van der Waals surface area contributed by atoms with E-state index in [4.69, 9.17) is 16.7 Å². The van der Waals surface area contributed by atoms with Gasteiger partial charge in [0.2, 0.25) is 5.91 Å². The first kappa shape index (κ1) is 23.1. The van der Waals surface area contributed by atoms with Crippen LogP contribution in [0.3, 0.4) is 0 Å². The summed E-state index contributed by atoms with van der Waals surface area (Å²) in [5.41, 5.74) is 1.45. The summed E-state index contributed by atoms with van der Waals surface area (Å²) >= 11 is 6.01. The third-order valence-electron chi connectivity index (χ3n) is 5.48. The summed E-state index contributed by atoms with van der Waals surface area (Å²) in [6.45, 7) is 6.15. The van der Waals surface area contributed by atoms with E-state index in [1.165, 1.54) is 11.3 Å². The van der Waals surface area contributed by atoms with Crippen LogP contribution in [0.5, 0.6) is 0 Å². The number of hydrogen-bond donors (Lipinski definition) is 2. The van der Waals surface area contributed by atoms with E-state index in [9.17, 15) is 9.59 Å². The Bertz CT molecular complexity index is 911. The van der Waals surface area contributed by atoms with Crippen molar-refractivity contribution in [2.24, 2.45) is 0 Å². The first-order valence-corrected chi connectivity index (χ1v) is 11.2. The SMILES string of the molecule is CN(CC(=O)Nc1cc(C(C)(C)C)nn1-c1ccc(Cl)cc1)C(=O)NC1CCCCC1. The van der Waals surface area contributed by atoms with E-state index in [0.717, 1.165) is 37.1 Å². The number of benzene rings is 1. The number of nitrogens with one attached hydrogen (secondary N) is 2.